The monoisotopic (exact) mass is 474 g/mol. The minimum absolute atomic E-state index is 0.00987. The number of amides is 1. The molecule has 8 heteroatoms. The summed E-state index contributed by atoms with van der Waals surface area (Å²) in [6, 6.07) is 15.3. The van der Waals surface area contributed by atoms with Crippen LogP contribution in [0.3, 0.4) is 0 Å². The lowest BCUT2D eigenvalue weighted by Gasteiger charge is -2.11. The molecule has 0 bridgehead atoms. The van der Waals surface area contributed by atoms with E-state index in [1.807, 2.05) is 66.9 Å². The summed E-state index contributed by atoms with van der Waals surface area (Å²) in [7, 11) is 4.88. The van der Waals surface area contributed by atoms with Gasteiger partial charge in [-0.05, 0) is 55.7 Å². The molecule has 0 radical (unpaired) electrons. The fraction of sp³-hybridized carbons (Fsp3) is 0.296. The molecular formula is C27H30N4O4. The van der Waals surface area contributed by atoms with Crippen LogP contribution in [0.15, 0.2) is 48.5 Å². The topological polar surface area (TPSA) is 87.0 Å². The Labute approximate surface area is 204 Å². The summed E-state index contributed by atoms with van der Waals surface area (Å²) in [6.07, 6.45) is 0.948. The summed E-state index contributed by atoms with van der Waals surface area (Å²) >= 11 is 0. The number of aryl methyl sites for hydroxylation is 2. The van der Waals surface area contributed by atoms with Crippen LogP contribution < -0.4 is 19.5 Å². The second-order valence-corrected chi connectivity index (χ2v) is 8.29. The fourth-order valence-corrected chi connectivity index (χ4v) is 4.06. The van der Waals surface area contributed by atoms with E-state index in [9.17, 15) is 4.79 Å². The first-order chi connectivity index (χ1) is 16.9. The highest BCUT2D eigenvalue weighted by atomic mass is 16.5. The van der Waals surface area contributed by atoms with Crippen LogP contribution in [0.25, 0.3) is 16.9 Å². The number of carbonyl (C=O) groups is 1. The minimum atomic E-state index is -0.00987. The Morgan fingerprint density at radius 2 is 1.57 bits per heavy atom. The summed E-state index contributed by atoms with van der Waals surface area (Å²) in [5, 5.41) is 7.77. The largest absolute Gasteiger partial charge is 0.497 e. The predicted octanol–water partition coefficient (Wildman–Crippen LogP) is 4.29. The Balaban J connectivity index is 1.49. The van der Waals surface area contributed by atoms with Gasteiger partial charge in [0.15, 0.2) is 5.65 Å². The SMILES string of the molecule is COc1ccc(CNC(=O)CCc2c(C)nc3cc(-c4cc(OC)cc(OC)c4)nn3c2C)cc1. The number of ether oxygens (including phenoxy) is 3. The summed E-state index contributed by atoms with van der Waals surface area (Å²) in [5.74, 6) is 2.17. The van der Waals surface area contributed by atoms with Gasteiger partial charge in [-0.15, -0.1) is 0 Å². The summed E-state index contributed by atoms with van der Waals surface area (Å²) in [5.41, 5.74) is 6.31. The summed E-state index contributed by atoms with van der Waals surface area (Å²) in [4.78, 5) is 17.3. The maximum atomic E-state index is 12.5. The maximum absolute atomic E-state index is 12.5. The minimum Gasteiger partial charge on any atom is -0.497 e. The van der Waals surface area contributed by atoms with Gasteiger partial charge >= 0.3 is 0 Å². The van der Waals surface area contributed by atoms with Gasteiger partial charge in [0.1, 0.15) is 17.2 Å². The molecule has 0 unspecified atom stereocenters. The van der Waals surface area contributed by atoms with Crippen LogP contribution in [0, 0.1) is 13.8 Å². The van der Waals surface area contributed by atoms with Crippen LogP contribution in [0.5, 0.6) is 17.2 Å². The highest BCUT2D eigenvalue weighted by Crippen LogP contribution is 2.30. The van der Waals surface area contributed by atoms with E-state index in [4.69, 9.17) is 24.3 Å². The summed E-state index contributed by atoms with van der Waals surface area (Å²) in [6.45, 7) is 4.46. The average molecular weight is 475 g/mol. The molecule has 2 heterocycles. The molecule has 1 amide bonds. The van der Waals surface area contributed by atoms with Gasteiger partial charge in [0.25, 0.3) is 0 Å². The Morgan fingerprint density at radius 3 is 2.20 bits per heavy atom. The van der Waals surface area contributed by atoms with Crippen molar-refractivity contribution in [3.05, 3.63) is 71.0 Å². The van der Waals surface area contributed by atoms with E-state index in [0.717, 1.165) is 45.2 Å². The molecule has 0 aliphatic heterocycles. The van der Waals surface area contributed by atoms with E-state index in [2.05, 4.69) is 5.32 Å². The molecule has 4 aromatic rings. The number of nitrogens with zero attached hydrogens (tertiary/aromatic N) is 3. The van der Waals surface area contributed by atoms with Crippen molar-refractivity contribution in [2.75, 3.05) is 21.3 Å². The molecule has 0 fully saturated rings. The molecule has 0 saturated heterocycles. The van der Waals surface area contributed by atoms with E-state index in [1.165, 1.54) is 0 Å². The highest BCUT2D eigenvalue weighted by Gasteiger charge is 2.15. The first-order valence-electron chi connectivity index (χ1n) is 11.4. The van der Waals surface area contributed by atoms with E-state index >= 15 is 0 Å². The Morgan fingerprint density at radius 1 is 0.914 bits per heavy atom. The molecule has 182 valence electrons. The third-order valence-electron chi connectivity index (χ3n) is 6.06. The maximum Gasteiger partial charge on any atom is 0.220 e. The quantitative estimate of drug-likeness (QED) is 0.390. The number of hydrogen-bond donors (Lipinski definition) is 1. The second-order valence-electron chi connectivity index (χ2n) is 8.29. The molecule has 35 heavy (non-hydrogen) atoms. The van der Waals surface area contributed by atoms with E-state index in [1.54, 1.807) is 21.3 Å². The smallest absolute Gasteiger partial charge is 0.220 e. The number of aromatic nitrogens is 3. The van der Waals surface area contributed by atoms with Gasteiger partial charge in [0.05, 0.1) is 27.0 Å². The van der Waals surface area contributed by atoms with Crippen LogP contribution in [0.4, 0.5) is 0 Å². The van der Waals surface area contributed by atoms with Gasteiger partial charge in [0.2, 0.25) is 5.91 Å². The predicted molar refractivity (Wildman–Crippen MR) is 134 cm³/mol. The first-order valence-corrected chi connectivity index (χ1v) is 11.4. The first kappa shape index (κ1) is 24.1. The Hall–Kier alpha value is -4.07. The lowest BCUT2D eigenvalue weighted by Crippen LogP contribution is -2.23. The van der Waals surface area contributed by atoms with Gasteiger partial charge in [-0.3, -0.25) is 4.79 Å². The lowest BCUT2D eigenvalue weighted by molar-refractivity contribution is -0.121. The zero-order valence-electron chi connectivity index (χ0n) is 20.7. The number of methoxy groups -OCH3 is 3. The van der Waals surface area contributed by atoms with E-state index < -0.39 is 0 Å². The van der Waals surface area contributed by atoms with Gasteiger partial charge in [0, 0.05) is 42.0 Å². The van der Waals surface area contributed by atoms with Crippen molar-refractivity contribution in [2.24, 2.45) is 0 Å². The van der Waals surface area contributed by atoms with E-state index in [-0.39, 0.29) is 5.91 Å². The van der Waals surface area contributed by atoms with Crippen LogP contribution >= 0.6 is 0 Å². The lowest BCUT2D eigenvalue weighted by atomic mass is 10.1. The van der Waals surface area contributed by atoms with Crippen LogP contribution in [0.1, 0.15) is 28.9 Å². The van der Waals surface area contributed by atoms with Crippen molar-refractivity contribution >= 4 is 11.6 Å². The number of nitrogens with one attached hydrogen (secondary N) is 1. The van der Waals surface area contributed by atoms with Crippen molar-refractivity contribution in [2.45, 2.75) is 33.2 Å². The molecule has 0 saturated carbocycles. The average Bonchev–Trinajstić information content (AvgIpc) is 3.31. The van der Waals surface area contributed by atoms with Crippen molar-refractivity contribution in [3.63, 3.8) is 0 Å². The zero-order valence-corrected chi connectivity index (χ0v) is 20.7. The van der Waals surface area contributed by atoms with Crippen LogP contribution in [-0.4, -0.2) is 41.8 Å². The van der Waals surface area contributed by atoms with Crippen LogP contribution in [0.2, 0.25) is 0 Å². The molecule has 0 spiro atoms. The molecule has 0 atom stereocenters. The molecule has 1 N–H and O–H groups in total. The highest BCUT2D eigenvalue weighted by molar-refractivity contribution is 5.76. The number of hydrogen-bond acceptors (Lipinski definition) is 6. The van der Waals surface area contributed by atoms with Gasteiger partial charge < -0.3 is 19.5 Å². The van der Waals surface area contributed by atoms with Gasteiger partial charge in [-0.25, -0.2) is 9.50 Å². The fourth-order valence-electron chi connectivity index (χ4n) is 4.06. The van der Waals surface area contributed by atoms with Gasteiger partial charge in [-0.2, -0.15) is 5.10 Å². The van der Waals surface area contributed by atoms with Gasteiger partial charge in [-0.1, -0.05) is 12.1 Å². The molecule has 0 aliphatic carbocycles. The molecule has 0 aliphatic rings. The molecule has 4 rings (SSSR count). The number of rotatable bonds is 9. The standard InChI is InChI=1S/C27H30N4O4/c1-17-24(10-11-27(32)28-16-19-6-8-21(33-3)9-7-19)18(2)31-26(29-17)15-25(30-31)20-12-22(34-4)14-23(13-20)35-5/h6-9,12-15H,10-11,16H2,1-5H3,(H,28,32). The normalized spacial score (nSPS) is 10.9. The Kier molecular flexibility index (Phi) is 7.19. The van der Waals surface area contributed by atoms with Crippen molar-refractivity contribution in [3.8, 4) is 28.5 Å². The Bertz CT molecular complexity index is 1320. The molecule has 2 aromatic heterocycles. The third-order valence-corrected chi connectivity index (χ3v) is 6.06. The number of fused-ring (bicyclic) bond motifs is 1. The summed E-state index contributed by atoms with van der Waals surface area (Å²) < 4.78 is 17.8. The van der Waals surface area contributed by atoms with Crippen molar-refractivity contribution in [1.82, 2.24) is 19.9 Å². The third kappa shape index (κ3) is 5.37. The number of carbonyl (C=O) groups excluding carboxylic acids is 1. The van der Waals surface area contributed by atoms with Crippen molar-refractivity contribution < 1.29 is 19.0 Å². The van der Waals surface area contributed by atoms with Crippen LogP contribution in [-0.2, 0) is 17.8 Å². The molecule has 8 nitrogen and oxygen atoms in total. The van der Waals surface area contributed by atoms with Crippen molar-refractivity contribution in [1.29, 1.82) is 0 Å². The number of benzene rings is 2. The molecular weight excluding hydrogens is 444 g/mol. The second kappa shape index (κ2) is 10.5. The zero-order chi connectivity index (χ0) is 24.9. The molecule has 2 aromatic carbocycles. The van der Waals surface area contributed by atoms with E-state index in [0.29, 0.717) is 30.9 Å².